The smallest absolute Gasteiger partial charge is 0.0244 e. The van der Waals surface area contributed by atoms with E-state index < -0.39 is 0 Å². The summed E-state index contributed by atoms with van der Waals surface area (Å²) in [6.07, 6.45) is 7.94. The number of fused-ring (bicyclic) bond motifs is 2. The first-order valence-electron chi connectivity index (χ1n) is 14.4. The van der Waals surface area contributed by atoms with Gasteiger partial charge in [-0.2, -0.15) is 0 Å². The van der Waals surface area contributed by atoms with E-state index in [0.717, 1.165) is 18.0 Å². The first-order valence-corrected chi connectivity index (χ1v) is 14.4. The fourth-order valence-corrected chi connectivity index (χ4v) is 7.32. The number of rotatable bonds is 8. The predicted molar refractivity (Wildman–Crippen MR) is 154 cm³/mol. The highest BCUT2D eigenvalue weighted by Crippen LogP contribution is 2.47. The van der Waals surface area contributed by atoms with Crippen molar-refractivity contribution >= 4 is 0 Å². The fourth-order valence-electron chi connectivity index (χ4n) is 7.32. The number of likely N-dealkylation sites (N-methyl/N-ethyl adjacent to an activating group) is 1. The quantitative estimate of drug-likeness (QED) is 0.350. The fraction of sp³-hybridized carbons (Fsp3) is 1.00. The van der Waals surface area contributed by atoms with Crippen molar-refractivity contribution in [1.82, 2.24) is 14.7 Å². The first kappa shape index (κ1) is 31.9. The van der Waals surface area contributed by atoms with Crippen molar-refractivity contribution < 1.29 is 0 Å². The van der Waals surface area contributed by atoms with Gasteiger partial charge in [-0.05, 0) is 96.2 Å². The van der Waals surface area contributed by atoms with E-state index in [1.54, 1.807) is 0 Å². The molecule has 0 aromatic heterocycles. The summed E-state index contributed by atoms with van der Waals surface area (Å²) in [6, 6.07) is 1.61. The molecule has 204 valence electrons. The Morgan fingerprint density at radius 3 is 1.71 bits per heavy atom. The van der Waals surface area contributed by atoms with Crippen LogP contribution in [-0.4, -0.2) is 70.6 Å². The predicted octanol–water partition coefficient (Wildman–Crippen LogP) is 7.94. The lowest BCUT2D eigenvalue weighted by molar-refractivity contribution is -0.0412. The van der Waals surface area contributed by atoms with Crippen molar-refractivity contribution in [3.63, 3.8) is 0 Å². The standard InChI is InChI=1S/C27H53N3.C3H8.CH4/c1-11-25(5,6)27(9,10)29-15-13-21(14-16-29)24(3,4)20-26(7,8)30-19-22-17-23(30)18-28(22)12-2;1-3-2;/h21-23H,11-20H2,1-10H3;3H2,1-2H3;1H4/t22-,23-;;/m0../s1. The highest BCUT2D eigenvalue weighted by Gasteiger charge is 2.50. The molecule has 0 aliphatic carbocycles. The van der Waals surface area contributed by atoms with Crippen LogP contribution in [0, 0.1) is 16.7 Å². The molecule has 0 amide bonds. The molecule has 0 aromatic rings. The maximum absolute atomic E-state index is 2.88. The minimum Gasteiger partial charge on any atom is -0.298 e. The zero-order valence-electron chi connectivity index (χ0n) is 24.9. The van der Waals surface area contributed by atoms with E-state index in [9.17, 15) is 0 Å². The van der Waals surface area contributed by atoms with Crippen molar-refractivity contribution in [1.29, 1.82) is 0 Å². The maximum atomic E-state index is 2.88. The molecule has 0 radical (unpaired) electrons. The van der Waals surface area contributed by atoms with Crippen molar-refractivity contribution in [2.24, 2.45) is 16.7 Å². The molecule has 3 aliphatic heterocycles. The van der Waals surface area contributed by atoms with Gasteiger partial charge in [0.1, 0.15) is 0 Å². The Bertz CT molecular complexity index is 598. The highest BCUT2D eigenvalue weighted by atomic mass is 15.4. The highest BCUT2D eigenvalue weighted by molar-refractivity contribution is 5.06. The van der Waals surface area contributed by atoms with Crippen molar-refractivity contribution in [2.45, 2.75) is 152 Å². The lowest BCUT2D eigenvalue weighted by Gasteiger charge is -2.54. The second-order valence-electron chi connectivity index (χ2n) is 14.0. The van der Waals surface area contributed by atoms with Gasteiger partial charge >= 0.3 is 0 Å². The molecule has 3 rings (SSSR count). The number of likely N-dealkylation sites (tertiary alicyclic amines) is 3. The Hall–Kier alpha value is -0.120. The minimum atomic E-state index is 0. The average Bonchev–Trinajstić information content (AvgIpc) is 3.34. The summed E-state index contributed by atoms with van der Waals surface area (Å²) in [5.74, 6) is 0.848. The third-order valence-electron chi connectivity index (χ3n) is 10.4. The molecule has 3 nitrogen and oxygen atoms in total. The molecule has 0 N–H and O–H groups in total. The monoisotopic (exact) mass is 480 g/mol. The Balaban J connectivity index is 0.00000137. The van der Waals surface area contributed by atoms with Gasteiger partial charge in [0.2, 0.25) is 0 Å². The lowest BCUT2D eigenvalue weighted by Crippen LogP contribution is -2.58. The van der Waals surface area contributed by atoms with Gasteiger partial charge in [-0.3, -0.25) is 14.7 Å². The van der Waals surface area contributed by atoms with Crippen LogP contribution in [-0.2, 0) is 0 Å². The minimum absolute atomic E-state index is 0. The van der Waals surface area contributed by atoms with Gasteiger partial charge in [0.15, 0.2) is 0 Å². The van der Waals surface area contributed by atoms with Gasteiger partial charge in [0.05, 0.1) is 0 Å². The maximum Gasteiger partial charge on any atom is 0.0244 e. The molecule has 3 heteroatoms. The number of piperidine rings is 1. The molecule has 0 saturated carbocycles. The van der Waals surface area contributed by atoms with Crippen LogP contribution in [0.3, 0.4) is 0 Å². The van der Waals surface area contributed by atoms with Gasteiger partial charge in [0, 0.05) is 36.3 Å². The van der Waals surface area contributed by atoms with Gasteiger partial charge in [-0.25, -0.2) is 0 Å². The number of piperazine rings is 1. The third-order valence-corrected chi connectivity index (χ3v) is 10.4. The third kappa shape index (κ3) is 6.60. The second kappa shape index (κ2) is 12.0. The van der Waals surface area contributed by atoms with E-state index in [1.165, 1.54) is 71.2 Å². The van der Waals surface area contributed by atoms with Crippen LogP contribution in [0.15, 0.2) is 0 Å². The van der Waals surface area contributed by atoms with E-state index in [-0.39, 0.29) is 13.0 Å². The summed E-state index contributed by atoms with van der Waals surface area (Å²) in [5.41, 5.74) is 1.35. The molecule has 3 heterocycles. The molecule has 3 fully saturated rings. The van der Waals surface area contributed by atoms with Crippen LogP contribution in [0.4, 0.5) is 0 Å². The lowest BCUT2D eigenvalue weighted by atomic mass is 9.66. The topological polar surface area (TPSA) is 9.72 Å². The number of hydrogen-bond acceptors (Lipinski definition) is 3. The molecule has 3 saturated heterocycles. The summed E-state index contributed by atoms with van der Waals surface area (Å²) in [6.45, 7) is 35.4. The Kier molecular flexibility index (Phi) is 11.2. The summed E-state index contributed by atoms with van der Waals surface area (Å²) in [5, 5.41) is 0. The molecule has 2 bridgehead atoms. The van der Waals surface area contributed by atoms with E-state index in [0.29, 0.717) is 16.4 Å². The number of hydrogen-bond donors (Lipinski definition) is 0. The van der Waals surface area contributed by atoms with E-state index in [2.05, 4.69) is 97.8 Å². The summed E-state index contributed by atoms with van der Waals surface area (Å²) >= 11 is 0. The normalized spacial score (nSPS) is 25.8. The first-order chi connectivity index (χ1) is 15.2. The van der Waals surface area contributed by atoms with Crippen LogP contribution >= 0.6 is 0 Å². The SMILES string of the molecule is C.CCC.CCN1C[C@@H]2C[C@H]1CN2C(C)(C)CC(C)(C)C1CCN(C(C)(C)C(C)(C)CC)CC1. The summed E-state index contributed by atoms with van der Waals surface area (Å²) < 4.78 is 0. The van der Waals surface area contributed by atoms with Crippen molar-refractivity contribution in [3.8, 4) is 0 Å². The number of nitrogens with zero attached hydrogens (tertiary/aromatic N) is 3. The Morgan fingerprint density at radius 2 is 1.29 bits per heavy atom. The largest absolute Gasteiger partial charge is 0.298 e. The molecule has 0 spiro atoms. The Morgan fingerprint density at radius 1 is 0.765 bits per heavy atom. The molecule has 2 atom stereocenters. The van der Waals surface area contributed by atoms with E-state index >= 15 is 0 Å². The van der Waals surface area contributed by atoms with Gasteiger partial charge in [-0.15, -0.1) is 0 Å². The average molecular weight is 480 g/mol. The van der Waals surface area contributed by atoms with Crippen LogP contribution in [0.25, 0.3) is 0 Å². The van der Waals surface area contributed by atoms with E-state index in [1.807, 2.05) is 0 Å². The van der Waals surface area contributed by atoms with Gasteiger partial charge < -0.3 is 0 Å². The van der Waals surface area contributed by atoms with Crippen LogP contribution in [0.2, 0.25) is 0 Å². The summed E-state index contributed by atoms with van der Waals surface area (Å²) in [7, 11) is 0. The van der Waals surface area contributed by atoms with Gasteiger partial charge in [-0.1, -0.05) is 69.2 Å². The van der Waals surface area contributed by atoms with Crippen molar-refractivity contribution in [2.75, 3.05) is 32.7 Å². The zero-order valence-corrected chi connectivity index (χ0v) is 24.9. The molecule has 3 aliphatic rings. The van der Waals surface area contributed by atoms with E-state index in [4.69, 9.17) is 0 Å². The Labute approximate surface area is 216 Å². The molecule has 34 heavy (non-hydrogen) atoms. The van der Waals surface area contributed by atoms with Gasteiger partial charge in [0.25, 0.3) is 0 Å². The molecular weight excluding hydrogens is 414 g/mol. The summed E-state index contributed by atoms with van der Waals surface area (Å²) in [4.78, 5) is 8.39. The molecule has 0 aromatic carbocycles. The zero-order chi connectivity index (χ0) is 25.2. The molecule has 0 unspecified atom stereocenters. The van der Waals surface area contributed by atoms with Crippen LogP contribution < -0.4 is 0 Å². The van der Waals surface area contributed by atoms with Crippen LogP contribution in [0.5, 0.6) is 0 Å². The van der Waals surface area contributed by atoms with Crippen LogP contribution in [0.1, 0.15) is 129 Å². The second-order valence-corrected chi connectivity index (χ2v) is 14.0. The molecular formula is C31H65N3. The van der Waals surface area contributed by atoms with Crippen molar-refractivity contribution in [3.05, 3.63) is 0 Å².